The first-order valence-corrected chi connectivity index (χ1v) is 4.81. The molecule has 0 fully saturated rings. The van der Waals surface area contributed by atoms with Crippen LogP contribution in [-0.4, -0.2) is 46.7 Å². The smallest absolute Gasteiger partial charge is 0.385 e. The zero-order valence-electron chi connectivity index (χ0n) is 9.41. The zero-order valence-corrected chi connectivity index (χ0v) is 9.41. The van der Waals surface area contributed by atoms with E-state index < -0.39 is 48.1 Å². The minimum Gasteiger partial charge on any atom is -0.445 e. The molecule has 5 N–H and O–H groups in total. The van der Waals surface area contributed by atoms with Crippen molar-refractivity contribution in [2.45, 2.75) is 19.1 Å². The first kappa shape index (κ1) is 14.1. The van der Waals surface area contributed by atoms with Gasteiger partial charge in [0.1, 0.15) is 6.10 Å². The van der Waals surface area contributed by atoms with Crippen molar-refractivity contribution in [2.24, 2.45) is 0 Å². The Kier molecular flexibility index (Phi) is 4.37. The number of carbonyl (C=O) groups excluding carboxylic acids is 3. The summed E-state index contributed by atoms with van der Waals surface area (Å²) in [6.07, 6.45) is -2.95. The lowest BCUT2D eigenvalue weighted by Crippen LogP contribution is -2.49. The van der Waals surface area contributed by atoms with E-state index in [2.05, 4.69) is 20.2 Å². The summed E-state index contributed by atoms with van der Waals surface area (Å²) in [4.78, 5) is 37.6. The van der Waals surface area contributed by atoms with Crippen LogP contribution in [0.5, 0.6) is 0 Å². The van der Waals surface area contributed by atoms with Gasteiger partial charge in [-0.15, -0.1) is 0 Å². The summed E-state index contributed by atoms with van der Waals surface area (Å²) in [6, 6.07) is 0. The van der Waals surface area contributed by atoms with Gasteiger partial charge in [-0.2, -0.15) is 5.90 Å². The lowest BCUT2D eigenvalue weighted by atomic mass is 10.2. The molecule has 9 heteroatoms. The Morgan fingerprint density at radius 2 is 2.17 bits per heavy atom. The Balaban J connectivity index is 3.03. The van der Waals surface area contributed by atoms with Gasteiger partial charge < -0.3 is 24.5 Å². The van der Waals surface area contributed by atoms with Gasteiger partial charge in [0.15, 0.2) is 6.10 Å². The Bertz CT molecular complexity index is 415. The standard InChI is InChI=1S/C9H12NO8/c1-3(12)8(14)17-6-5(4(13)2-11)16-9(15)7(6)18-10/h4-5,11,13H,2H2,1,10H3/q+1. The number of quaternary nitrogens is 1. The molecule has 0 aromatic heterocycles. The van der Waals surface area contributed by atoms with Gasteiger partial charge in [-0.25, -0.2) is 9.59 Å². The first-order chi connectivity index (χ1) is 8.42. The van der Waals surface area contributed by atoms with Crippen molar-refractivity contribution in [3.63, 3.8) is 0 Å². The molecule has 0 spiro atoms. The SMILES string of the molecule is CC(=O)C(=O)OC1=C(O[NH3+])C(=O)OC1C(O)CO. The highest BCUT2D eigenvalue weighted by Gasteiger charge is 2.44. The van der Waals surface area contributed by atoms with Crippen LogP contribution in [0.15, 0.2) is 11.5 Å². The number of ether oxygens (including phenoxy) is 2. The van der Waals surface area contributed by atoms with Crippen molar-refractivity contribution in [2.75, 3.05) is 6.61 Å². The van der Waals surface area contributed by atoms with E-state index in [1.54, 1.807) is 0 Å². The topological polar surface area (TPSA) is 147 Å². The van der Waals surface area contributed by atoms with Crippen LogP contribution in [0.25, 0.3) is 0 Å². The third kappa shape index (κ3) is 2.64. The van der Waals surface area contributed by atoms with E-state index in [9.17, 15) is 19.5 Å². The number of Topliss-reactive ketones (excluding diaryl/α,β-unsaturated/α-hetero) is 1. The molecule has 0 aliphatic carbocycles. The monoisotopic (exact) mass is 262 g/mol. The van der Waals surface area contributed by atoms with Crippen LogP contribution in [0.1, 0.15) is 6.92 Å². The molecule has 1 aliphatic heterocycles. The quantitative estimate of drug-likeness (QED) is 0.266. The second kappa shape index (κ2) is 5.58. The van der Waals surface area contributed by atoms with Crippen LogP contribution in [0, 0.1) is 0 Å². The summed E-state index contributed by atoms with van der Waals surface area (Å²) < 4.78 is 9.23. The van der Waals surface area contributed by atoms with E-state index in [0.29, 0.717) is 0 Å². The molecule has 100 valence electrons. The summed E-state index contributed by atoms with van der Waals surface area (Å²) in [5.41, 5.74) is 0. The van der Waals surface area contributed by atoms with Gasteiger partial charge in [-0.3, -0.25) is 4.79 Å². The Labute approximate surface area is 101 Å². The number of rotatable bonds is 5. The summed E-state index contributed by atoms with van der Waals surface area (Å²) in [5.74, 6) is -1.26. The Hall–Kier alpha value is -1.97. The van der Waals surface area contributed by atoms with Gasteiger partial charge in [0, 0.05) is 6.92 Å². The Morgan fingerprint density at radius 1 is 1.56 bits per heavy atom. The molecular formula is C9H12NO8+. The van der Waals surface area contributed by atoms with Crippen molar-refractivity contribution in [3.05, 3.63) is 11.5 Å². The van der Waals surface area contributed by atoms with Crippen LogP contribution in [0.3, 0.4) is 0 Å². The molecule has 1 aliphatic rings. The van der Waals surface area contributed by atoms with E-state index in [-0.39, 0.29) is 0 Å². The highest BCUT2D eigenvalue weighted by Crippen LogP contribution is 2.26. The number of cyclic esters (lactones) is 1. The molecule has 9 nitrogen and oxygen atoms in total. The van der Waals surface area contributed by atoms with Crippen molar-refractivity contribution in [3.8, 4) is 0 Å². The number of carbonyl (C=O) groups is 3. The number of aliphatic hydroxyl groups excluding tert-OH is 2. The van der Waals surface area contributed by atoms with Crippen LogP contribution in [0.4, 0.5) is 0 Å². The van der Waals surface area contributed by atoms with Crippen molar-refractivity contribution in [1.82, 2.24) is 0 Å². The number of aliphatic hydroxyl groups is 2. The van der Waals surface area contributed by atoms with Gasteiger partial charge >= 0.3 is 17.7 Å². The summed E-state index contributed by atoms with van der Waals surface area (Å²) >= 11 is 0. The number of esters is 2. The molecule has 0 saturated carbocycles. The molecule has 1 rings (SSSR count). The number of ketones is 1. The average molecular weight is 262 g/mol. The summed E-state index contributed by atoms with van der Waals surface area (Å²) in [7, 11) is 0. The number of hydrogen-bond donors (Lipinski definition) is 3. The lowest BCUT2D eigenvalue weighted by molar-refractivity contribution is -0.670. The van der Waals surface area contributed by atoms with Crippen LogP contribution >= 0.6 is 0 Å². The second-order valence-electron chi connectivity index (χ2n) is 3.36. The van der Waals surface area contributed by atoms with E-state index >= 15 is 0 Å². The van der Waals surface area contributed by atoms with Crippen molar-refractivity contribution < 1.29 is 44.8 Å². The molecule has 18 heavy (non-hydrogen) atoms. The third-order valence-electron chi connectivity index (χ3n) is 2.07. The fraction of sp³-hybridized carbons (Fsp3) is 0.444. The molecule has 0 radical (unpaired) electrons. The molecule has 0 bridgehead atoms. The van der Waals surface area contributed by atoms with Crippen LogP contribution in [-0.2, 0) is 28.7 Å². The summed E-state index contributed by atoms with van der Waals surface area (Å²) in [5, 5.41) is 18.2. The van der Waals surface area contributed by atoms with Crippen molar-refractivity contribution in [1.29, 1.82) is 0 Å². The minimum atomic E-state index is -1.52. The molecular weight excluding hydrogens is 250 g/mol. The number of hydrogen-bond acceptors (Lipinski definition) is 8. The van der Waals surface area contributed by atoms with Gasteiger partial charge in [-0.1, -0.05) is 0 Å². The van der Waals surface area contributed by atoms with Gasteiger partial charge in [-0.05, 0) is 0 Å². The molecule has 1 heterocycles. The predicted octanol–water partition coefficient (Wildman–Crippen LogP) is -3.22. The summed E-state index contributed by atoms with van der Waals surface area (Å²) in [6.45, 7) is 0.215. The fourth-order valence-electron chi connectivity index (χ4n) is 1.21. The fourth-order valence-corrected chi connectivity index (χ4v) is 1.21. The zero-order chi connectivity index (χ0) is 13.9. The highest BCUT2D eigenvalue weighted by molar-refractivity contribution is 6.32. The maximum Gasteiger partial charge on any atom is 0.385 e. The Morgan fingerprint density at radius 3 is 2.61 bits per heavy atom. The normalized spacial score (nSPS) is 20.4. The minimum absolute atomic E-state index is 0.489. The second-order valence-corrected chi connectivity index (χ2v) is 3.36. The van der Waals surface area contributed by atoms with E-state index in [1.807, 2.05) is 0 Å². The van der Waals surface area contributed by atoms with Crippen molar-refractivity contribution >= 4 is 17.7 Å². The van der Waals surface area contributed by atoms with E-state index in [4.69, 9.17) is 5.11 Å². The lowest BCUT2D eigenvalue weighted by Gasteiger charge is -2.16. The van der Waals surface area contributed by atoms with E-state index in [0.717, 1.165) is 6.92 Å². The maximum absolute atomic E-state index is 11.3. The van der Waals surface area contributed by atoms with Crippen LogP contribution in [0.2, 0.25) is 0 Å². The molecule has 2 atom stereocenters. The average Bonchev–Trinajstić information content (AvgIpc) is 2.64. The molecule has 0 saturated heterocycles. The predicted molar refractivity (Wildman–Crippen MR) is 50.7 cm³/mol. The van der Waals surface area contributed by atoms with Crippen LogP contribution < -0.4 is 5.90 Å². The molecule has 2 unspecified atom stereocenters. The van der Waals surface area contributed by atoms with Gasteiger partial charge in [0.25, 0.3) is 0 Å². The largest absolute Gasteiger partial charge is 0.445 e. The molecule has 0 aromatic rings. The molecule has 0 aromatic carbocycles. The van der Waals surface area contributed by atoms with Gasteiger partial charge in [0.05, 0.1) is 6.61 Å². The highest BCUT2D eigenvalue weighted by atomic mass is 16.7. The van der Waals surface area contributed by atoms with Gasteiger partial charge in [0.2, 0.25) is 11.5 Å². The third-order valence-corrected chi connectivity index (χ3v) is 2.07. The maximum atomic E-state index is 11.3. The van der Waals surface area contributed by atoms with E-state index in [1.165, 1.54) is 0 Å². The first-order valence-electron chi connectivity index (χ1n) is 4.81. The molecule has 0 amide bonds.